The number of fused-ring (bicyclic) bond motifs is 1. The Balaban J connectivity index is 0. The minimum Gasteiger partial charge on any atom is -1.00 e. The van der Waals surface area contributed by atoms with E-state index in [0.29, 0.717) is 5.92 Å². The first-order valence-electron chi connectivity index (χ1n) is 4.60. The van der Waals surface area contributed by atoms with Crippen LogP contribution in [0.25, 0.3) is 6.08 Å². The topological polar surface area (TPSA) is 0 Å². The Kier molecular flexibility index (Phi) is 10.8. The van der Waals surface area contributed by atoms with Gasteiger partial charge in [-0.15, -0.1) is 11.6 Å². The fraction of sp³-hybridized carbons (Fsp3) is 0.333. The molecule has 79 valence electrons. The Morgan fingerprint density at radius 2 is 1.87 bits per heavy atom. The normalized spacial score (nSPS) is 15.7. The predicted molar refractivity (Wildman–Crippen MR) is 51.8 cm³/mol. The van der Waals surface area contributed by atoms with Gasteiger partial charge in [-0.1, -0.05) is 43.9 Å². The zero-order valence-electron chi connectivity index (χ0n) is 8.63. The number of allylic oxidation sites excluding steroid dienone is 1. The van der Waals surface area contributed by atoms with Crippen LogP contribution >= 0.6 is 0 Å². The molecule has 1 unspecified atom stereocenters. The Labute approximate surface area is 132 Å². The summed E-state index contributed by atoms with van der Waals surface area (Å²) in [5.74, 6) is 0.561. The second-order valence-corrected chi connectivity index (χ2v) is 3.28. The van der Waals surface area contributed by atoms with Crippen LogP contribution in [0.3, 0.4) is 0 Å². The molecule has 1 aliphatic rings. The summed E-state index contributed by atoms with van der Waals surface area (Å²) in [6, 6.07) is 8.58. The summed E-state index contributed by atoms with van der Waals surface area (Å²) in [4.78, 5) is 0. The van der Waals surface area contributed by atoms with Crippen molar-refractivity contribution in [1.29, 1.82) is 0 Å². The van der Waals surface area contributed by atoms with Crippen molar-refractivity contribution in [2.24, 2.45) is 0 Å². The molecule has 0 bridgehead atoms. The van der Waals surface area contributed by atoms with Crippen LogP contribution in [-0.2, 0) is 26.2 Å². The molecule has 2 rings (SSSR count). The van der Waals surface area contributed by atoms with Crippen LogP contribution in [-0.4, -0.2) is 0 Å². The summed E-state index contributed by atoms with van der Waals surface area (Å²) < 4.78 is 0. The van der Waals surface area contributed by atoms with Gasteiger partial charge >= 0.3 is 26.2 Å². The third kappa shape index (κ3) is 4.28. The zero-order valence-corrected chi connectivity index (χ0v) is 14.3. The van der Waals surface area contributed by atoms with Gasteiger partial charge < -0.3 is 34.0 Å². The van der Waals surface area contributed by atoms with Crippen LogP contribution in [0.5, 0.6) is 0 Å². The van der Waals surface area contributed by atoms with Gasteiger partial charge in [0, 0.05) is 0 Å². The standard InChI is InChI=1S/C12H13.2BrH.Zr/c1-2-5-10-8-9-11-6-3-4-7-12(10)11;;;/h3-4,6-7,9-10H,2,5H2,1H3;2*1H;/q-1;;;+3/p-2. The SMILES string of the molecule is CCCC1[C-]=Cc2ccccc21.[Br-].[Br-].[Zr+3]. The Bertz CT molecular complexity index is 310. The van der Waals surface area contributed by atoms with E-state index in [4.69, 9.17) is 0 Å². The first kappa shape index (κ1) is 18.2. The van der Waals surface area contributed by atoms with E-state index in [9.17, 15) is 0 Å². The van der Waals surface area contributed by atoms with E-state index in [1.54, 1.807) is 0 Å². The zero-order chi connectivity index (χ0) is 8.39. The molecule has 1 aromatic carbocycles. The molecule has 0 heterocycles. The van der Waals surface area contributed by atoms with Gasteiger partial charge in [0.1, 0.15) is 0 Å². The number of hydrogen-bond acceptors (Lipinski definition) is 0. The molecular formula is C12H13Br2Zr. The van der Waals surface area contributed by atoms with Crippen molar-refractivity contribution in [3.8, 4) is 0 Å². The van der Waals surface area contributed by atoms with Crippen LogP contribution in [0.15, 0.2) is 24.3 Å². The fourth-order valence-electron chi connectivity index (χ4n) is 1.77. The molecule has 0 aliphatic heterocycles. The number of rotatable bonds is 2. The summed E-state index contributed by atoms with van der Waals surface area (Å²) in [6.45, 7) is 2.22. The van der Waals surface area contributed by atoms with Gasteiger partial charge in [-0.2, -0.15) is 5.56 Å². The smallest absolute Gasteiger partial charge is 1.00 e. The summed E-state index contributed by atoms with van der Waals surface area (Å²) in [5.41, 5.74) is 2.82. The van der Waals surface area contributed by atoms with Crippen molar-refractivity contribution in [2.75, 3.05) is 0 Å². The molecule has 0 amide bonds. The largest absolute Gasteiger partial charge is 3.00 e. The Morgan fingerprint density at radius 3 is 2.53 bits per heavy atom. The maximum absolute atomic E-state index is 3.40. The minimum atomic E-state index is 0. The molecule has 0 N–H and O–H groups in total. The van der Waals surface area contributed by atoms with Crippen molar-refractivity contribution in [2.45, 2.75) is 25.7 Å². The molecule has 0 aromatic heterocycles. The Morgan fingerprint density at radius 1 is 1.20 bits per heavy atom. The second-order valence-electron chi connectivity index (χ2n) is 3.28. The van der Waals surface area contributed by atoms with Crippen LogP contribution < -0.4 is 34.0 Å². The molecule has 0 saturated heterocycles. The molecule has 0 spiro atoms. The van der Waals surface area contributed by atoms with Crippen LogP contribution in [0, 0.1) is 6.08 Å². The summed E-state index contributed by atoms with van der Waals surface area (Å²) in [6.07, 6.45) is 7.98. The quantitative estimate of drug-likeness (QED) is 0.472. The van der Waals surface area contributed by atoms with E-state index in [0.717, 1.165) is 0 Å². The molecule has 0 fully saturated rings. The van der Waals surface area contributed by atoms with Gasteiger partial charge in [0.15, 0.2) is 0 Å². The first-order chi connectivity index (χ1) is 5.92. The molecule has 0 saturated carbocycles. The van der Waals surface area contributed by atoms with Gasteiger partial charge in [0.05, 0.1) is 0 Å². The van der Waals surface area contributed by atoms with E-state index in [2.05, 4.69) is 43.3 Å². The maximum atomic E-state index is 3.40. The van der Waals surface area contributed by atoms with E-state index in [-0.39, 0.29) is 60.2 Å². The maximum Gasteiger partial charge on any atom is 3.00 e. The molecule has 1 aromatic rings. The number of halogens is 2. The van der Waals surface area contributed by atoms with Crippen LogP contribution in [0.4, 0.5) is 0 Å². The van der Waals surface area contributed by atoms with Crippen molar-refractivity contribution in [1.82, 2.24) is 0 Å². The fourth-order valence-corrected chi connectivity index (χ4v) is 1.77. The Hall–Kier alpha value is 0.803. The molecule has 0 nitrogen and oxygen atoms in total. The third-order valence-corrected chi connectivity index (χ3v) is 2.39. The van der Waals surface area contributed by atoms with Crippen LogP contribution in [0.1, 0.15) is 36.8 Å². The molecule has 1 radical (unpaired) electrons. The number of hydrogen-bond donors (Lipinski definition) is 0. The van der Waals surface area contributed by atoms with E-state index >= 15 is 0 Å². The number of benzene rings is 1. The molecule has 1 aliphatic carbocycles. The van der Waals surface area contributed by atoms with Gasteiger partial charge in [-0.3, -0.25) is 6.08 Å². The summed E-state index contributed by atoms with van der Waals surface area (Å²) in [7, 11) is 0. The van der Waals surface area contributed by atoms with E-state index in [1.165, 1.54) is 24.0 Å². The van der Waals surface area contributed by atoms with Crippen molar-refractivity contribution in [3.05, 3.63) is 41.5 Å². The van der Waals surface area contributed by atoms with E-state index < -0.39 is 0 Å². The molecular weight excluding hydrogens is 395 g/mol. The monoisotopic (exact) mass is 405 g/mol. The molecule has 3 heteroatoms. The van der Waals surface area contributed by atoms with Gasteiger partial charge in [-0.05, 0) is 0 Å². The summed E-state index contributed by atoms with van der Waals surface area (Å²) >= 11 is 0. The second kappa shape index (κ2) is 8.90. The van der Waals surface area contributed by atoms with Crippen molar-refractivity contribution in [3.63, 3.8) is 0 Å². The van der Waals surface area contributed by atoms with Gasteiger partial charge in [-0.25, -0.2) is 6.08 Å². The van der Waals surface area contributed by atoms with Crippen molar-refractivity contribution < 1.29 is 60.2 Å². The average Bonchev–Trinajstić information content (AvgIpc) is 2.50. The third-order valence-electron chi connectivity index (χ3n) is 2.39. The van der Waals surface area contributed by atoms with Crippen molar-refractivity contribution >= 4 is 6.08 Å². The van der Waals surface area contributed by atoms with Gasteiger partial charge in [0.25, 0.3) is 0 Å². The molecule has 15 heavy (non-hydrogen) atoms. The average molecular weight is 408 g/mol. The predicted octanol–water partition coefficient (Wildman–Crippen LogP) is -2.59. The molecule has 1 atom stereocenters. The minimum absolute atomic E-state index is 0. The first-order valence-corrected chi connectivity index (χ1v) is 4.60. The van der Waals surface area contributed by atoms with E-state index in [1.807, 2.05) is 0 Å². The van der Waals surface area contributed by atoms with Gasteiger partial charge in [0.2, 0.25) is 0 Å². The summed E-state index contributed by atoms with van der Waals surface area (Å²) in [5, 5.41) is 0. The van der Waals surface area contributed by atoms with Crippen LogP contribution in [0.2, 0.25) is 0 Å².